The zero-order valence-electron chi connectivity index (χ0n) is 9.81. The van der Waals surface area contributed by atoms with E-state index in [0.29, 0.717) is 10.9 Å². The summed E-state index contributed by atoms with van der Waals surface area (Å²) < 4.78 is 13.5. The summed E-state index contributed by atoms with van der Waals surface area (Å²) in [6, 6.07) is 14.6. The van der Waals surface area contributed by atoms with Gasteiger partial charge < -0.3 is 5.11 Å². The van der Waals surface area contributed by atoms with Crippen molar-refractivity contribution in [1.82, 2.24) is 0 Å². The molecule has 1 N–H and O–H groups in total. The van der Waals surface area contributed by atoms with Crippen LogP contribution in [0.1, 0.15) is 23.7 Å². The van der Waals surface area contributed by atoms with Gasteiger partial charge in [0.15, 0.2) is 0 Å². The van der Waals surface area contributed by atoms with Gasteiger partial charge in [-0.3, -0.25) is 0 Å². The van der Waals surface area contributed by atoms with E-state index >= 15 is 0 Å². The molecule has 2 aromatic rings. The van der Waals surface area contributed by atoms with Gasteiger partial charge >= 0.3 is 0 Å². The molecule has 0 heterocycles. The first kappa shape index (κ1) is 13.2. The number of halogens is 2. The third-order valence-electron chi connectivity index (χ3n) is 2.88. The van der Waals surface area contributed by atoms with E-state index in [1.54, 1.807) is 12.1 Å². The van der Waals surface area contributed by atoms with Gasteiger partial charge in [0, 0.05) is 0 Å². The van der Waals surface area contributed by atoms with Crippen molar-refractivity contribution >= 4 is 15.9 Å². The van der Waals surface area contributed by atoms with Gasteiger partial charge in [-0.25, -0.2) is 4.39 Å². The minimum Gasteiger partial charge on any atom is -0.388 e. The standard InChI is InChI=1S/C15H14BrFO/c16-13-10-12(7-8-14(13)17)15(18)9-6-11-4-2-1-3-5-11/h1-5,7-8,10,15,18H,6,9H2. The summed E-state index contributed by atoms with van der Waals surface area (Å²) >= 11 is 3.12. The average Bonchev–Trinajstić information content (AvgIpc) is 2.40. The Bertz CT molecular complexity index is 513. The SMILES string of the molecule is OC(CCc1ccccc1)c1ccc(F)c(Br)c1. The summed E-state index contributed by atoms with van der Waals surface area (Å²) in [7, 11) is 0. The molecule has 0 aromatic heterocycles. The highest BCUT2D eigenvalue weighted by Gasteiger charge is 2.09. The molecule has 0 radical (unpaired) electrons. The van der Waals surface area contributed by atoms with Crippen molar-refractivity contribution in [3.8, 4) is 0 Å². The number of aliphatic hydroxyl groups excluding tert-OH is 1. The van der Waals surface area contributed by atoms with Crippen LogP contribution in [0.15, 0.2) is 53.0 Å². The molecule has 0 bridgehead atoms. The van der Waals surface area contributed by atoms with Crippen molar-refractivity contribution in [2.75, 3.05) is 0 Å². The normalized spacial score (nSPS) is 12.4. The van der Waals surface area contributed by atoms with Gasteiger partial charge in [0.25, 0.3) is 0 Å². The second-order valence-electron chi connectivity index (χ2n) is 4.21. The molecule has 0 spiro atoms. The summed E-state index contributed by atoms with van der Waals surface area (Å²) in [6.07, 6.45) is 0.862. The molecule has 0 fully saturated rings. The average molecular weight is 309 g/mol. The molecular weight excluding hydrogens is 295 g/mol. The van der Waals surface area contributed by atoms with Crippen LogP contribution in [0.5, 0.6) is 0 Å². The Morgan fingerprint density at radius 1 is 1.11 bits per heavy atom. The van der Waals surface area contributed by atoms with E-state index < -0.39 is 6.10 Å². The summed E-state index contributed by atoms with van der Waals surface area (Å²) in [5.41, 5.74) is 1.93. The molecule has 0 amide bonds. The first-order valence-corrected chi connectivity index (χ1v) is 6.63. The minimum atomic E-state index is -0.567. The molecule has 0 aliphatic rings. The van der Waals surface area contributed by atoms with Crippen LogP contribution in [0.4, 0.5) is 4.39 Å². The molecule has 18 heavy (non-hydrogen) atoms. The van der Waals surface area contributed by atoms with Crippen molar-refractivity contribution in [2.24, 2.45) is 0 Å². The Hall–Kier alpha value is -1.19. The number of benzene rings is 2. The van der Waals surface area contributed by atoms with E-state index in [1.165, 1.54) is 11.6 Å². The Kier molecular flexibility index (Phi) is 4.50. The zero-order valence-corrected chi connectivity index (χ0v) is 11.4. The predicted octanol–water partition coefficient (Wildman–Crippen LogP) is 4.25. The minimum absolute atomic E-state index is 0.311. The van der Waals surface area contributed by atoms with Gasteiger partial charge in [0.2, 0.25) is 0 Å². The van der Waals surface area contributed by atoms with Crippen LogP contribution in [0, 0.1) is 5.82 Å². The summed E-state index contributed by atoms with van der Waals surface area (Å²) in [6.45, 7) is 0. The molecule has 2 rings (SSSR count). The smallest absolute Gasteiger partial charge is 0.137 e. The largest absolute Gasteiger partial charge is 0.388 e. The van der Waals surface area contributed by atoms with Crippen molar-refractivity contribution in [1.29, 1.82) is 0 Å². The molecular formula is C15H14BrFO. The second kappa shape index (κ2) is 6.12. The second-order valence-corrected chi connectivity index (χ2v) is 5.07. The highest BCUT2D eigenvalue weighted by Crippen LogP contribution is 2.24. The van der Waals surface area contributed by atoms with Crippen LogP contribution < -0.4 is 0 Å². The van der Waals surface area contributed by atoms with Crippen LogP contribution >= 0.6 is 15.9 Å². The maximum Gasteiger partial charge on any atom is 0.137 e. The lowest BCUT2D eigenvalue weighted by molar-refractivity contribution is 0.167. The first-order valence-electron chi connectivity index (χ1n) is 5.84. The van der Waals surface area contributed by atoms with Crippen molar-refractivity contribution in [3.05, 3.63) is 69.9 Å². The highest BCUT2D eigenvalue weighted by molar-refractivity contribution is 9.10. The topological polar surface area (TPSA) is 20.2 Å². The molecule has 3 heteroatoms. The maximum absolute atomic E-state index is 13.1. The van der Waals surface area contributed by atoms with E-state index in [4.69, 9.17) is 0 Å². The highest BCUT2D eigenvalue weighted by atomic mass is 79.9. The van der Waals surface area contributed by atoms with Crippen molar-refractivity contribution < 1.29 is 9.50 Å². The Morgan fingerprint density at radius 2 is 1.83 bits per heavy atom. The van der Waals surface area contributed by atoms with Gasteiger partial charge in [0.05, 0.1) is 10.6 Å². The predicted molar refractivity (Wildman–Crippen MR) is 73.8 cm³/mol. The van der Waals surface area contributed by atoms with Gasteiger partial charge in [0.1, 0.15) is 5.82 Å². The fourth-order valence-electron chi connectivity index (χ4n) is 1.83. The summed E-state index contributed by atoms with van der Waals surface area (Å²) in [5.74, 6) is -0.311. The van der Waals surface area contributed by atoms with Crippen LogP contribution in [0.25, 0.3) is 0 Å². The van der Waals surface area contributed by atoms with E-state index in [2.05, 4.69) is 15.9 Å². The van der Waals surface area contributed by atoms with Crippen LogP contribution in [-0.4, -0.2) is 5.11 Å². The maximum atomic E-state index is 13.1. The molecule has 1 atom stereocenters. The molecule has 1 nitrogen and oxygen atoms in total. The van der Waals surface area contributed by atoms with Crippen molar-refractivity contribution in [2.45, 2.75) is 18.9 Å². The van der Waals surface area contributed by atoms with Gasteiger partial charge in [-0.2, -0.15) is 0 Å². The third kappa shape index (κ3) is 3.40. The Morgan fingerprint density at radius 3 is 2.50 bits per heavy atom. The number of rotatable bonds is 4. The van der Waals surface area contributed by atoms with E-state index in [0.717, 1.165) is 12.0 Å². The van der Waals surface area contributed by atoms with Gasteiger partial charge in [-0.05, 0) is 52.0 Å². The number of aryl methyl sites for hydroxylation is 1. The van der Waals surface area contributed by atoms with Gasteiger partial charge in [-0.15, -0.1) is 0 Å². The lowest BCUT2D eigenvalue weighted by Gasteiger charge is -2.11. The van der Waals surface area contributed by atoms with E-state index in [-0.39, 0.29) is 5.82 Å². The van der Waals surface area contributed by atoms with Crippen LogP contribution in [0.2, 0.25) is 0 Å². The number of aliphatic hydroxyl groups is 1. The fraction of sp³-hybridized carbons (Fsp3) is 0.200. The quantitative estimate of drug-likeness (QED) is 0.895. The zero-order chi connectivity index (χ0) is 13.0. The molecule has 0 saturated carbocycles. The van der Waals surface area contributed by atoms with Crippen LogP contribution in [0.3, 0.4) is 0 Å². The fourth-order valence-corrected chi connectivity index (χ4v) is 2.23. The lowest BCUT2D eigenvalue weighted by Crippen LogP contribution is -2.00. The van der Waals surface area contributed by atoms with E-state index in [1.807, 2.05) is 30.3 Å². The molecule has 0 saturated heterocycles. The van der Waals surface area contributed by atoms with E-state index in [9.17, 15) is 9.50 Å². The molecule has 1 unspecified atom stereocenters. The lowest BCUT2D eigenvalue weighted by atomic mass is 10.0. The molecule has 94 valence electrons. The van der Waals surface area contributed by atoms with Gasteiger partial charge in [-0.1, -0.05) is 36.4 Å². The molecule has 0 aliphatic heterocycles. The molecule has 2 aromatic carbocycles. The first-order chi connectivity index (χ1) is 8.66. The van der Waals surface area contributed by atoms with Crippen molar-refractivity contribution in [3.63, 3.8) is 0 Å². The Labute approximate surface area is 114 Å². The number of hydrogen-bond acceptors (Lipinski definition) is 1. The summed E-state index contributed by atoms with van der Waals surface area (Å²) in [5, 5.41) is 10.1. The third-order valence-corrected chi connectivity index (χ3v) is 3.49. The Balaban J connectivity index is 1.99. The molecule has 0 aliphatic carbocycles. The number of hydrogen-bond donors (Lipinski definition) is 1. The summed E-state index contributed by atoms with van der Waals surface area (Å²) in [4.78, 5) is 0. The van der Waals surface area contributed by atoms with Crippen LogP contribution in [-0.2, 0) is 6.42 Å². The monoisotopic (exact) mass is 308 g/mol.